The van der Waals surface area contributed by atoms with E-state index in [1.165, 1.54) is 0 Å². The van der Waals surface area contributed by atoms with Gasteiger partial charge >= 0.3 is 5.97 Å². The van der Waals surface area contributed by atoms with Gasteiger partial charge in [-0.25, -0.2) is 0 Å². The summed E-state index contributed by atoms with van der Waals surface area (Å²) in [6, 6.07) is 8.74. The molecular formula is C11H15O3P. The van der Waals surface area contributed by atoms with Gasteiger partial charge in [0.1, 0.15) is 0 Å². The molecule has 82 valence electrons. The molecule has 3 nitrogen and oxygen atoms in total. The fraction of sp³-hybridized carbons (Fsp3) is 0.364. The van der Waals surface area contributed by atoms with Crippen LogP contribution >= 0.6 is 8.03 Å². The molecule has 1 rings (SSSR count). The quantitative estimate of drug-likeness (QED) is 0.727. The minimum Gasteiger partial charge on any atom is -0.410 e. The molecule has 1 atom stereocenters. The fourth-order valence-electron chi connectivity index (χ4n) is 0.870. The summed E-state index contributed by atoms with van der Waals surface area (Å²) in [5, 5.41) is 0.570. The van der Waals surface area contributed by atoms with Gasteiger partial charge in [0.25, 0.3) is 8.03 Å². The van der Waals surface area contributed by atoms with E-state index >= 15 is 0 Å². The third kappa shape index (κ3) is 3.52. The lowest BCUT2D eigenvalue weighted by Crippen LogP contribution is -2.21. The van der Waals surface area contributed by atoms with E-state index in [1.54, 1.807) is 45.0 Å². The lowest BCUT2D eigenvalue weighted by Gasteiger charge is -2.16. The first kappa shape index (κ1) is 12.0. The first-order chi connectivity index (χ1) is 6.91. The molecule has 0 amide bonds. The minimum absolute atomic E-state index is 0.435. The Labute approximate surface area is 90.3 Å². The monoisotopic (exact) mass is 226 g/mol. The normalized spacial score (nSPS) is 13.3. The zero-order chi connectivity index (χ0) is 11.5. The van der Waals surface area contributed by atoms with Crippen LogP contribution in [0.5, 0.6) is 0 Å². The van der Waals surface area contributed by atoms with Crippen LogP contribution in [0.4, 0.5) is 0 Å². The molecule has 0 spiro atoms. The Morgan fingerprint density at radius 1 is 1.20 bits per heavy atom. The summed E-state index contributed by atoms with van der Waals surface area (Å²) in [7, 11) is -2.45. The van der Waals surface area contributed by atoms with Crippen molar-refractivity contribution in [2.45, 2.75) is 20.8 Å². The molecule has 0 saturated carbocycles. The second kappa shape index (κ2) is 4.63. The van der Waals surface area contributed by atoms with Crippen molar-refractivity contribution in [3.05, 3.63) is 30.3 Å². The Bertz CT molecular complexity index is 365. The predicted octanol–water partition coefficient (Wildman–Crippen LogP) is 2.38. The summed E-state index contributed by atoms with van der Waals surface area (Å²) in [6.45, 7) is 5.19. The zero-order valence-electron chi connectivity index (χ0n) is 9.11. The van der Waals surface area contributed by atoms with Gasteiger partial charge in [0.2, 0.25) is 0 Å². The molecule has 0 heterocycles. The molecule has 0 N–H and O–H groups in total. The standard InChI is InChI=1S/C11H15O3P/c1-11(2,3)10(12)14-15(13)9-7-5-4-6-8-9/h4-8,15H,1-3H3. The first-order valence-electron chi connectivity index (χ1n) is 4.73. The Kier molecular flexibility index (Phi) is 3.70. The molecule has 1 aromatic rings. The highest BCUT2D eigenvalue weighted by Crippen LogP contribution is 2.27. The van der Waals surface area contributed by atoms with Gasteiger partial charge in [-0.15, -0.1) is 0 Å². The van der Waals surface area contributed by atoms with Gasteiger partial charge in [-0.1, -0.05) is 18.2 Å². The lowest BCUT2D eigenvalue weighted by atomic mass is 9.98. The Morgan fingerprint density at radius 2 is 1.73 bits per heavy atom. The highest BCUT2D eigenvalue weighted by Gasteiger charge is 2.25. The lowest BCUT2D eigenvalue weighted by molar-refractivity contribution is -0.142. The topological polar surface area (TPSA) is 43.4 Å². The number of hydrogen-bond donors (Lipinski definition) is 0. The summed E-state index contributed by atoms with van der Waals surface area (Å²) in [6.07, 6.45) is 0. The molecule has 0 fully saturated rings. The van der Waals surface area contributed by atoms with Crippen molar-refractivity contribution >= 4 is 19.3 Å². The molecule has 15 heavy (non-hydrogen) atoms. The van der Waals surface area contributed by atoms with Gasteiger partial charge in [0.15, 0.2) is 0 Å². The van der Waals surface area contributed by atoms with Gasteiger partial charge < -0.3 is 4.52 Å². The zero-order valence-corrected chi connectivity index (χ0v) is 10.1. The number of hydrogen-bond acceptors (Lipinski definition) is 3. The van der Waals surface area contributed by atoms with Crippen LogP contribution in [0, 0.1) is 5.41 Å². The van der Waals surface area contributed by atoms with Gasteiger partial charge in [-0.05, 0) is 32.9 Å². The van der Waals surface area contributed by atoms with Crippen LogP contribution in [0.15, 0.2) is 30.3 Å². The van der Waals surface area contributed by atoms with E-state index in [0.717, 1.165) is 0 Å². The Hall–Kier alpha value is -1.08. The second-order valence-electron chi connectivity index (χ2n) is 4.29. The molecule has 0 saturated heterocycles. The van der Waals surface area contributed by atoms with Crippen LogP contribution in [0.25, 0.3) is 0 Å². The summed E-state index contributed by atoms with van der Waals surface area (Å²) >= 11 is 0. The van der Waals surface area contributed by atoms with Crippen molar-refractivity contribution in [1.29, 1.82) is 0 Å². The maximum Gasteiger partial charge on any atom is 0.316 e. The van der Waals surface area contributed by atoms with E-state index < -0.39 is 19.4 Å². The van der Waals surface area contributed by atoms with E-state index in [1.807, 2.05) is 6.07 Å². The molecular weight excluding hydrogens is 211 g/mol. The molecule has 0 radical (unpaired) electrons. The average Bonchev–Trinajstić information content (AvgIpc) is 2.17. The van der Waals surface area contributed by atoms with Crippen molar-refractivity contribution in [1.82, 2.24) is 0 Å². The van der Waals surface area contributed by atoms with E-state index in [2.05, 4.69) is 0 Å². The van der Waals surface area contributed by atoms with Gasteiger partial charge in [0, 0.05) is 5.30 Å². The maximum atomic E-state index is 11.6. The summed E-state index contributed by atoms with van der Waals surface area (Å²) in [5.41, 5.74) is -0.616. The maximum absolute atomic E-state index is 11.6. The molecule has 0 aliphatic rings. The molecule has 0 aliphatic heterocycles. The van der Waals surface area contributed by atoms with E-state index in [0.29, 0.717) is 5.30 Å². The second-order valence-corrected chi connectivity index (χ2v) is 5.65. The van der Waals surface area contributed by atoms with Crippen LogP contribution in [0.3, 0.4) is 0 Å². The number of rotatable bonds is 2. The molecule has 1 unspecified atom stereocenters. The van der Waals surface area contributed by atoms with E-state index in [9.17, 15) is 9.36 Å². The van der Waals surface area contributed by atoms with Gasteiger partial charge in [-0.2, -0.15) is 0 Å². The Balaban J connectivity index is 2.70. The van der Waals surface area contributed by atoms with E-state index in [4.69, 9.17) is 4.52 Å². The van der Waals surface area contributed by atoms with Gasteiger partial charge in [-0.3, -0.25) is 9.36 Å². The molecule has 4 heteroatoms. The van der Waals surface area contributed by atoms with Crippen molar-refractivity contribution in [2.75, 3.05) is 0 Å². The average molecular weight is 226 g/mol. The first-order valence-corrected chi connectivity index (χ1v) is 6.04. The fourth-order valence-corrected chi connectivity index (χ4v) is 1.93. The highest BCUT2D eigenvalue weighted by atomic mass is 31.1. The number of benzene rings is 1. The molecule has 1 aromatic carbocycles. The van der Waals surface area contributed by atoms with Crippen LogP contribution in [0.2, 0.25) is 0 Å². The number of carbonyl (C=O) groups is 1. The molecule has 0 aliphatic carbocycles. The highest BCUT2D eigenvalue weighted by molar-refractivity contribution is 7.48. The van der Waals surface area contributed by atoms with Crippen LogP contribution in [-0.2, 0) is 13.9 Å². The molecule has 0 aromatic heterocycles. The van der Waals surface area contributed by atoms with Crippen LogP contribution in [-0.4, -0.2) is 5.97 Å². The van der Waals surface area contributed by atoms with Crippen molar-refractivity contribution < 1.29 is 13.9 Å². The summed E-state index contributed by atoms with van der Waals surface area (Å²) in [5.74, 6) is -0.435. The summed E-state index contributed by atoms with van der Waals surface area (Å²) < 4.78 is 16.6. The van der Waals surface area contributed by atoms with Gasteiger partial charge in [0.05, 0.1) is 5.41 Å². The van der Waals surface area contributed by atoms with Crippen molar-refractivity contribution in [2.24, 2.45) is 5.41 Å². The van der Waals surface area contributed by atoms with Crippen molar-refractivity contribution in [3.8, 4) is 0 Å². The molecule has 0 bridgehead atoms. The van der Waals surface area contributed by atoms with Crippen LogP contribution < -0.4 is 5.30 Å². The SMILES string of the molecule is CC(C)(C)C(=O)O[PH](=O)c1ccccc1. The van der Waals surface area contributed by atoms with Crippen LogP contribution in [0.1, 0.15) is 20.8 Å². The third-order valence-corrected chi connectivity index (χ3v) is 2.98. The predicted molar refractivity (Wildman–Crippen MR) is 60.6 cm³/mol. The van der Waals surface area contributed by atoms with E-state index in [-0.39, 0.29) is 0 Å². The largest absolute Gasteiger partial charge is 0.410 e. The summed E-state index contributed by atoms with van der Waals surface area (Å²) in [4.78, 5) is 11.5. The van der Waals surface area contributed by atoms with Crippen molar-refractivity contribution in [3.63, 3.8) is 0 Å². The smallest absolute Gasteiger partial charge is 0.316 e. The third-order valence-electron chi connectivity index (χ3n) is 1.81. The number of carbonyl (C=O) groups excluding carboxylic acids is 1. The Morgan fingerprint density at radius 3 is 2.20 bits per heavy atom. The minimum atomic E-state index is -2.45.